The summed E-state index contributed by atoms with van der Waals surface area (Å²) >= 11 is 0. The number of rotatable bonds is 0. The lowest BCUT2D eigenvalue weighted by Gasteiger charge is -1.82. The minimum absolute atomic E-state index is 0.204. The Kier molecular flexibility index (Phi) is 2.28. The predicted octanol–water partition coefficient (Wildman–Crippen LogP) is 0.199. The van der Waals surface area contributed by atoms with Gasteiger partial charge in [0.15, 0.2) is 0 Å². The van der Waals surface area contributed by atoms with Crippen molar-refractivity contribution >= 4 is 5.97 Å². The number of nitrogens with zero attached hydrogens (tertiary/aromatic N) is 1. The molecule has 0 radical (unpaired) electrons. The van der Waals surface area contributed by atoms with E-state index in [1.165, 1.54) is 19.6 Å². The van der Waals surface area contributed by atoms with Crippen molar-refractivity contribution in [3.8, 4) is 11.8 Å². The molecule has 1 aromatic heterocycles. The van der Waals surface area contributed by atoms with Gasteiger partial charge in [-0.15, -0.1) is 0 Å². The van der Waals surface area contributed by atoms with Crippen molar-refractivity contribution in [2.75, 3.05) is 7.11 Å². The summed E-state index contributed by atoms with van der Waals surface area (Å²) in [7, 11) is 1.26. The average molecular weight is 152 g/mol. The predicted molar refractivity (Wildman–Crippen MR) is 35.4 cm³/mol. The first-order valence-corrected chi connectivity index (χ1v) is 2.82. The van der Waals surface area contributed by atoms with Gasteiger partial charge in [0.2, 0.25) is 0 Å². The number of methoxy groups -OCH3 is 1. The summed E-state index contributed by atoms with van der Waals surface area (Å²) in [6, 6.07) is 0. The van der Waals surface area contributed by atoms with Crippen LogP contribution in [0.1, 0.15) is 5.89 Å². The minimum Gasteiger partial charge on any atom is -0.459 e. The van der Waals surface area contributed by atoms with Gasteiger partial charge in [-0.25, -0.2) is 9.78 Å². The molecule has 0 aliphatic carbocycles. The molecule has 4 nitrogen and oxygen atoms in total. The van der Waals surface area contributed by atoms with Crippen LogP contribution in [0.3, 0.4) is 0 Å². The average Bonchev–Trinajstić information content (AvgIpc) is 2.52. The van der Waals surface area contributed by atoms with Crippen LogP contribution in [0, 0.1) is 11.8 Å². The van der Waals surface area contributed by atoms with Crippen LogP contribution in [0.5, 0.6) is 0 Å². The summed E-state index contributed by atoms with van der Waals surface area (Å²) in [5, 5.41) is 0. The van der Waals surface area contributed by atoms with Gasteiger partial charge in [0, 0.05) is 11.8 Å². The molecule has 0 saturated carbocycles. The standard InChI is InChI=1S/C7H5NO3/c1-10-7(9)3-2-6-8-4-5-11-6/h4-5H,1H3/i8+1. The fourth-order valence-electron chi connectivity index (χ4n) is 0.441. The molecular formula is C7H5NO3. The summed E-state index contributed by atoms with van der Waals surface area (Å²) in [5.41, 5.74) is 0. The van der Waals surface area contributed by atoms with Crippen molar-refractivity contribution in [3.63, 3.8) is 0 Å². The highest BCUT2D eigenvalue weighted by Gasteiger charge is 1.91. The number of carbonyl (C=O) groups excluding carboxylic acids is 1. The van der Waals surface area contributed by atoms with Crippen molar-refractivity contribution in [2.45, 2.75) is 0 Å². The van der Waals surface area contributed by atoms with Crippen molar-refractivity contribution in [2.24, 2.45) is 0 Å². The Morgan fingerprint density at radius 1 is 1.82 bits per heavy atom. The van der Waals surface area contributed by atoms with Gasteiger partial charge in [0.1, 0.15) is 6.26 Å². The molecule has 56 valence electrons. The Balaban J connectivity index is 2.66. The molecule has 4 heteroatoms. The van der Waals surface area contributed by atoms with E-state index >= 15 is 0 Å². The molecule has 1 rings (SSSR count). The summed E-state index contributed by atoms with van der Waals surface area (Å²) in [4.78, 5) is 14.1. The molecule has 0 bridgehead atoms. The Bertz CT molecular complexity index is 291. The Labute approximate surface area is 63.2 Å². The molecule has 0 unspecified atom stereocenters. The van der Waals surface area contributed by atoms with E-state index in [9.17, 15) is 4.79 Å². The van der Waals surface area contributed by atoms with Gasteiger partial charge >= 0.3 is 5.97 Å². The summed E-state index contributed by atoms with van der Waals surface area (Å²) in [6.45, 7) is 0. The monoisotopic (exact) mass is 152 g/mol. The number of oxazole rings is 1. The van der Waals surface area contributed by atoms with E-state index in [0.29, 0.717) is 0 Å². The molecule has 0 N–H and O–H groups in total. The quantitative estimate of drug-likeness (QED) is 0.393. The maximum atomic E-state index is 10.4. The molecule has 0 saturated heterocycles. The van der Waals surface area contributed by atoms with Gasteiger partial charge in [-0.3, -0.25) is 0 Å². The highest BCUT2D eigenvalue weighted by atomic mass is 16.5. The van der Waals surface area contributed by atoms with Crippen molar-refractivity contribution < 1.29 is 13.9 Å². The maximum absolute atomic E-state index is 10.4. The van der Waals surface area contributed by atoms with Crippen LogP contribution in [0.4, 0.5) is 0 Å². The van der Waals surface area contributed by atoms with E-state index < -0.39 is 5.97 Å². The summed E-state index contributed by atoms with van der Waals surface area (Å²) < 4.78 is 9.00. The maximum Gasteiger partial charge on any atom is 0.384 e. The molecule has 11 heavy (non-hydrogen) atoms. The van der Waals surface area contributed by atoms with Crippen LogP contribution in [0.2, 0.25) is 0 Å². The Morgan fingerprint density at radius 2 is 2.64 bits per heavy atom. The number of ether oxygens (including phenoxy) is 1. The van der Waals surface area contributed by atoms with Crippen LogP contribution in [-0.4, -0.2) is 18.1 Å². The number of hydrogen-bond donors (Lipinski definition) is 0. The van der Waals surface area contributed by atoms with E-state index in [-0.39, 0.29) is 5.89 Å². The lowest BCUT2D eigenvalue weighted by Crippen LogP contribution is -1.94. The third kappa shape index (κ3) is 2.14. The third-order valence-corrected chi connectivity index (χ3v) is 0.889. The van der Waals surface area contributed by atoms with E-state index in [1.54, 1.807) is 0 Å². The molecule has 0 fully saturated rings. The number of esters is 1. The van der Waals surface area contributed by atoms with Crippen LogP contribution >= 0.6 is 0 Å². The zero-order valence-electron chi connectivity index (χ0n) is 5.83. The highest BCUT2D eigenvalue weighted by molar-refractivity contribution is 5.88. The van der Waals surface area contributed by atoms with Crippen LogP contribution in [-0.2, 0) is 9.53 Å². The van der Waals surface area contributed by atoms with Crippen molar-refractivity contribution in [1.82, 2.24) is 4.98 Å². The molecule has 0 aromatic carbocycles. The minimum atomic E-state index is -0.608. The van der Waals surface area contributed by atoms with E-state index in [0.717, 1.165) is 0 Å². The molecular weight excluding hydrogens is 147 g/mol. The largest absolute Gasteiger partial charge is 0.459 e. The van der Waals surface area contributed by atoms with Gasteiger partial charge in [-0.1, -0.05) is 0 Å². The molecule has 1 aromatic rings. The highest BCUT2D eigenvalue weighted by Crippen LogP contribution is 1.89. The Morgan fingerprint density at radius 3 is 3.18 bits per heavy atom. The molecule has 0 atom stereocenters. The topological polar surface area (TPSA) is 52.3 Å². The molecule has 0 amide bonds. The second kappa shape index (κ2) is 3.42. The lowest BCUT2D eigenvalue weighted by atomic mass is 10.6. The van der Waals surface area contributed by atoms with Crippen LogP contribution in [0.25, 0.3) is 0 Å². The first-order valence-electron chi connectivity index (χ1n) is 2.82. The van der Waals surface area contributed by atoms with Crippen molar-refractivity contribution in [3.05, 3.63) is 18.4 Å². The lowest BCUT2D eigenvalue weighted by molar-refractivity contribution is -0.133. The first kappa shape index (κ1) is 7.35. The fraction of sp³-hybridized carbons (Fsp3) is 0.143. The fourth-order valence-corrected chi connectivity index (χ4v) is 0.441. The third-order valence-electron chi connectivity index (χ3n) is 0.889. The van der Waals surface area contributed by atoms with Gasteiger partial charge in [-0.2, -0.15) is 0 Å². The smallest absolute Gasteiger partial charge is 0.384 e. The van der Waals surface area contributed by atoms with E-state index in [1.807, 2.05) is 0 Å². The first-order chi connectivity index (χ1) is 5.33. The van der Waals surface area contributed by atoms with Gasteiger partial charge in [0.05, 0.1) is 13.3 Å². The van der Waals surface area contributed by atoms with Crippen LogP contribution in [0.15, 0.2) is 16.9 Å². The van der Waals surface area contributed by atoms with Crippen LogP contribution < -0.4 is 0 Å². The molecule has 0 aliphatic heterocycles. The number of aromatic nitrogens is 1. The van der Waals surface area contributed by atoms with Gasteiger partial charge in [0.25, 0.3) is 5.89 Å². The van der Waals surface area contributed by atoms with Crippen molar-refractivity contribution in [1.29, 1.82) is 0 Å². The molecule has 0 spiro atoms. The summed E-state index contributed by atoms with van der Waals surface area (Å²) in [5.74, 6) is 4.14. The second-order valence-electron chi connectivity index (χ2n) is 1.58. The van der Waals surface area contributed by atoms with E-state index in [2.05, 4.69) is 21.6 Å². The molecule has 1 heterocycles. The zero-order valence-corrected chi connectivity index (χ0v) is 5.83. The normalized spacial score (nSPS) is 8.09. The van der Waals surface area contributed by atoms with Gasteiger partial charge in [-0.05, 0) is 0 Å². The Hall–Kier alpha value is -1.76. The zero-order chi connectivity index (χ0) is 8.10. The van der Waals surface area contributed by atoms with Gasteiger partial charge < -0.3 is 9.15 Å². The second-order valence-corrected chi connectivity index (χ2v) is 1.58. The number of hydrogen-bond acceptors (Lipinski definition) is 4. The SMILES string of the molecule is COC(=O)C#Cc1[15n]cco1. The number of carbonyl (C=O) groups is 1. The van der Waals surface area contributed by atoms with E-state index in [4.69, 9.17) is 4.42 Å². The summed E-state index contributed by atoms with van der Waals surface area (Å²) in [6.07, 6.45) is 2.82. The molecule has 0 aliphatic rings.